The molecule has 0 amide bonds. The summed E-state index contributed by atoms with van der Waals surface area (Å²) in [7, 11) is 0. The first-order chi connectivity index (χ1) is 10.1. The summed E-state index contributed by atoms with van der Waals surface area (Å²) in [5.41, 5.74) is 8.51. The molecule has 21 heavy (non-hydrogen) atoms. The summed E-state index contributed by atoms with van der Waals surface area (Å²) in [6.07, 6.45) is 0. The van der Waals surface area contributed by atoms with Gasteiger partial charge in [0.1, 0.15) is 5.15 Å². The highest BCUT2D eigenvalue weighted by Gasteiger charge is 2.09. The molecule has 0 saturated heterocycles. The first-order valence-corrected chi connectivity index (χ1v) is 8.10. The molecule has 5 heteroatoms. The number of nitrogens with zero attached hydrogens (tertiary/aromatic N) is 1. The molecule has 0 spiro atoms. The van der Waals surface area contributed by atoms with E-state index in [2.05, 4.69) is 11.1 Å². The number of nitrogen functional groups attached to an aromatic ring is 1. The molecule has 0 radical (unpaired) electrons. The quantitative estimate of drug-likeness (QED) is 0.395. The molecule has 3 aromatic rings. The van der Waals surface area contributed by atoms with E-state index in [1.165, 1.54) is 0 Å². The molecular formula is C16H12Cl2N2S. The number of fused-ring (bicyclic) bond motifs is 1. The van der Waals surface area contributed by atoms with Gasteiger partial charge >= 0.3 is 0 Å². The molecule has 0 bridgehead atoms. The van der Waals surface area contributed by atoms with Crippen molar-refractivity contribution in [2.24, 2.45) is 0 Å². The van der Waals surface area contributed by atoms with Crippen LogP contribution in [-0.4, -0.2) is 4.98 Å². The third-order valence-electron chi connectivity index (χ3n) is 3.12. The van der Waals surface area contributed by atoms with Gasteiger partial charge in [0.25, 0.3) is 0 Å². The van der Waals surface area contributed by atoms with Gasteiger partial charge < -0.3 is 5.73 Å². The first kappa shape index (κ1) is 14.5. The first-order valence-electron chi connectivity index (χ1n) is 6.36. The molecule has 0 aliphatic carbocycles. The maximum Gasteiger partial charge on any atom is 0.133 e. The van der Waals surface area contributed by atoms with Crippen molar-refractivity contribution in [3.8, 4) is 0 Å². The fourth-order valence-corrected chi connectivity index (χ4v) is 3.66. The number of thioether (sulfide) groups is 1. The lowest BCUT2D eigenvalue weighted by Crippen LogP contribution is -1.92. The minimum Gasteiger partial charge on any atom is -0.398 e. The van der Waals surface area contributed by atoms with E-state index in [1.54, 1.807) is 11.8 Å². The molecular weight excluding hydrogens is 323 g/mol. The minimum absolute atomic E-state index is 0.520. The molecule has 106 valence electrons. The predicted octanol–water partition coefficient (Wildman–Crippen LogP) is 5.42. The van der Waals surface area contributed by atoms with Crippen molar-refractivity contribution in [1.82, 2.24) is 4.98 Å². The van der Waals surface area contributed by atoms with E-state index in [9.17, 15) is 0 Å². The van der Waals surface area contributed by atoms with Crippen molar-refractivity contribution in [2.75, 3.05) is 5.73 Å². The third kappa shape index (κ3) is 3.10. The van der Waals surface area contributed by atoms with Gasteiger partial charge in [-0.25, -0.2) is 4.98 Å². The van der Waals surface area contributed by atoms with Gasteiger partial charge in [-0.3, -0.25) is 0 Å². The van der Waals surface area contributed by atoms with Gasteiger partial charge in [-0.2, -0.15) is 0 Å². The van der Waals surface area contributed by atoms with E-state index in [-0.39, 0.29) is 0 Å². The van der Waals surface area contributed by atoms with E-state index in [1.807, 2.05) is 42.5 Å². The largest absolute Gasteiger partial charge is 0.398 e. The van der Waals surface area contributed by atoms with Crippen LogP contribution in [0.15, 0.2) is 53.4 Å². The fourth-order valence-electron chi connectivity index (χ4n) is 2.07. The summed E-state index contributed by atoms with van der Waals surface area (Å²) in [5.74, 6) is 0.671. The lowest BCUT2D eigenvalue weighted by Gasteiger charge is -2.09. The number of para-hydroxylation sites is 1. The number of hydrogen-bond acceptors (Lipinski definition) is 3. The van der Waals surface area contributed by atoms with Gasteiger partial charge in [0.2, 0.25) is 0 Å². The van der Waals surface area contributed by atoms with Crippen molar-refractivity contribution >= 4 is 51.6 Å². The van der Waals surface area contributed by atoms with Gasteiger partial charge in [0.05, 0.1) is 10.5 Å². The van der Waals surface area contributed by atoms with Crippen LogP contribution in [0.3, 0.4) is 0 Å². The van der Waals surface area contributed by atoms with Crippen molar-refractivity contribution in [3.05, 3.63) is 64.3 Å². The van der Waals surface area contributed by atoms with Crippen molar-refractivity contribution in [3.63, 3.8) is 0 Å². The molecule has 2 aromatic carbocycles. The standard InChI is InChI=1S/C16H12Cl2N2S/c17-12-5-3-6-13(19)15(12)21-9-11-8-10-4-1-2-7-14(10)20-16(11)18/h1-8H,9,19H2. The smallest absolute Gasteiger partial charge is 0.133 e. The Bertz CT molecular complexity index is 785. The lowest BCUT2D eigenvalue weighted by atomic mass is 10.2. The summed E-state index contributed by atoms with van der Waals surface area (Å²) in [5, 5.41) is 2.25. The maximum atomic E-state index is 6.26. The van der Waals surface area contributed by atoms with Crippen molar-refractivity contribution in [1.29, 1.82) is 0 Å². The van der Waals surface area contributed by atoms with Crippen LogP contribution in [0.1, 0.15) is 5.56 Å². The lowest BCUT2D eigenvalue weighted by molar-refractivity contribution is 1.30. The molecule has 1 aromatic heterocycles. The zero-order chi connectivity index (χ0) is 14.8. The zero-order valence-electron chi connectivity index (χ0n) is 11.0. The molecule has 0 atom stereocenters. The zero-order valence-corrected chi connectivity index (χ0v) is 13.3. The summed E-state index contributed by atoms with van der Waals surface area (Å²) in [6.45, 7) is 0. The number of rotatable bonds is 3. The summed E-state index contributed by atoms with van der Waals surface area (Å²) < 4.78 is 0. The predicted molar refractivity (Wildman–Crippen MR) is 92.2 cm³/mol. The molecule has 0 fully saturated rings. The molecule has 1 heterocycles. The van der Waals surface area contributed by atoms with Crippen LogP contribution in [0.5, 0.6) is 0 Å². The number of nitrogens with two attached hydrogens (primary N) is 1. The Hall–Kier alpha value is -1.42. The summed E-state index contributed by atoms with van der Waals surface area (Å²) in [6, 6.07) is 15.5. The van der Waals surface area contributed by atoms with Crippen LogP contribution in [0.25, 0.3) is 10.9 Å². The average Bonchev–Trinajstić information content (AvgIpc) is 2.47. The van der Waals surface area contributed by atoms with Gasteiger partial charge in [-0.1, -0.05) is 47.5 Å². The van der Waals surface area contributed by atoms with E-state index in [4.69, 9.17) is 28.9 Å². The van der Waals surface area contributed by atoms with Gasteiger partial charge in [0.15, 0.2) is 0 Å². The van der Waals surface area contributed by atoms with Crippen LogP contribution in [0, 0.1) is 0 Å². The normalized spacial score (nSPS) is 11.0. The number of hydrogen-bond donors (Lipinski definition) is 1. The second-order valence-corrected chi connectivity index (χ2v) is 6.33. The van der Waals surface area contributed by atoms with Crippen molar-refractivity contribution in [2.45, 2.75) is 10.6 Å². The number of halogens is 2. The van der Waals surface area contributed by atoms with Crippen LogP contribution in [-0.2, 0) is 5.75 Å². The summed E-state index contributed by atoms with van der Waals surface area (Å²) in [4.78, 5) is 5.30. The monoisotopic (exact) mass is 334 g/mol. The highest BCUT2D eigenvalue weighted by atomic mass is 35.5. The Morgan fingerprint density at radius 2 is 1.86 bits per heavy atom. The SMILES string of the molecule is Nc1cccc(Cl)c1SCc1cc2ccccc2nc1Cl. The second kappa shape index (κ2) is 6.14. The molecule has 3 rings (SSSR count). The van der Waals surface area contributed by atoms with Crippen LogP contribution >= 0.6 is 35.0 Å². The van der Waals surface area contributed by atoms with E-state index in [0.29, 0.717) is 21.6 Å². The maximum absolute atomic E-state index is 6.26. The van der Waals surface area contributed by atoms with Crippen molar-refractivity contribution < 1.29 is 0 Å². The number of benzene rings is 2. The summed E-state index contributed by atoms with van der Waals surface area (Å²) >= 11 is 14.0. The van der Waals surface area contributed by atoms with Crippen LogP contribution in [0.4, 0.5) is 5.69 Å². The molecule has 0 aliphatic heterocycles. The average molecular weight is 335 g/mol. The topological polar surface area (TPSA) is 38.9 Å². The van der Waals surface area contributed by atoms with E-state index >= 15 is 0 Å². The van der Waals surface area contributed by atoms with Gasteiger partial charge in [-0.15, -0.1) is 11.8 Å². The van der Waals surface area contributed by atoms with Crippen LogP contribution in [0.2, 0.25) is 10.2 Å². The highest BCUT2D eigenvalue weighted by molar-refractivity contribution is 7.98. The Morgan fingerprint density at radius 1 is 1.05 bits per heavy atom. The molecule has 2 nitrogen and oxygen atoms in total. The van der Waals surface area contributed by atoms with Crippen LogP contribution < -0.4 is 5.73 Å². The molecule has 0 unspecified atom stereocenters. The Labute approximate surface area is 137 Å². The van der Waals surface area contributed by atoms with Gasteiger partial charge in [-0.05, 0) is 24.3 Å². The minimum atomic E-state index is 0.520. The fraction of sp³-hybridized carbons (Fsp3) is 0.0625. The Morgan fingerprint density at radius 3 is 2.67 bits per heavy atom. The molecule has 0 aliphatic rings. The van der Waals surface area contributed by atoms with E-state index in [0.717, 1.165) is 21.4 Å². The Balaban J connectivity index is 1.90. The number of pyridine rings is 1. The highest BCUT2D eigenvalue weighted by Crippen LogP contribution is 2.36. The Kier molecular flexibility index (Phi) is 4.24. The third-order valence-corrected chi connectivity index (χ3v) is 5.07. The number of aromatic nitrogens is 1. The van der Waals surface area contributed by atoms with E-state index < -0.39 is 0 Å². The second-order valence-electron chi connectivity index (χ2n) is 4.58. The molecule has 0 saturated carbocycles. The number of anilines is 1. The molecule has 2 N–H and O–H groups in total. The van der Waals surface area contributed by atoms with Gasteiger partial charge in [0, 0.05) is 27.3 Å².